The van der Waals surface area contributed by atoms with Crippen molar-refractivity contribution in [1.29, 1.82) is 0 Å². The first-order valence-electron chi connectivity index (χ1n) is 5.26. The monoisotopic (exact) mass is 276 g/mol. The van der Waals surface area contributed by atoms with E-state index in [4.69, 9.17) is 5.73 Å². The molecule has 2 rings (SSSR count). The lowest BCUT2D eigenvalue weighted by Crippen LogP contribution is -2.37. The second-order valence-electron chi connectivity index (χ2n) is 3.91. The quantitative estimate of drug-likeness (QED) is 0.802. The van der Waals surface area contributed by atoms with Crippen molar-refractivity contribution in [2.45, 2.75) is 17.5 Å². The molecule has 98 valence electrons. The van der Waals surface area contributed by atoms with Gasteiger partial charge in [0.1, 0.15) is 6.42 Å². The van der Waals surface area contributed by atoms with Gasteiger partial charge in [0.15, 0.2) is 0 Å². The van der Waals surface area contributed by atoms with Gasteiger partial charge in [0.2, 0.25) is 5.91 Å². The van der Waals surface area contributed by atoms with E-state index in [9.17, 15) is 18.0 Å². The van der Waals surface area contributed by atoms with Crippen molar-refractivity contribution in [2.24, 2.45) is 0 Å². The standard InChI is InChI=1S/C11H11F3N2OS/c12-11(13,14)6-10(17)16-3-4-18-9-2-1-7(15)5-8(9)16/h1-2,5H,3-4,6,15H2. The van der Waals surface area contributed by atoms with Crippen molar-refractivity contribution in [3.8, 4) is 0 Å². The Hall–Kier alpha value is -1.37. The Morgan fingerprint density at radius 3 is 2.83 bits per heavy atom. The minimum absolute atomic E-state index is 0.274. The first kappa shape index (κ1) is 13.1. The van der Waals surface area contributed by atoms with Crippen LogP contribution in [-0.4, -0.2) is 24.4 Å². The highest BCUT2D eigenvalue weighted by molar-refractivity contribution is 7.99. The largest absolute Gasteiger partial charge is 0.399 e. The molecule has 0 fully saturated rings. The smallest absolute Gasteiger partial charge is 0.397 e. The molecule has 0 bridgehead atoms. The number of amides is 1. The van der Waals surface area contributed by atoms with Gasteiger partial charge < -0.3 is 10.6 Å². The van der Waals surface area contributed by atoms with E-state index in [1.165, 1.54) is 17.8 Å². The lowest BCUT2D eigenvalue weighted by atomic mass is 10.2. The van der Waals surface area contributed by atoms with Crippen LogP contribution in [0.15, 0.2) is 23.1 Å². The van der Waals surface area contributed by atoms with Crippen molar-refractivity contribution >= 4 is 29.0 Å². The Morgan fingerprint density at radius 1 is 1.44 bits per heavy atom. The number of hydrogen-bond donors (Lipinski definition) is 1. The summed E-state index contributed by atoms with van der Waals surface area (Å²) in [7, 11) is 0. The number of anilines is 2. The van der Waals surface area contributed by atoms with Gasteiger partial charge in [-0.15, -0.1) is 11.8 Å². The van der Waals surface area contributed by atoms with E-state index in [0.29, 0.717) is 17.1 Å². The number of nitrogen functional groups attached to an aromatic ring is 1. The number of fused-ring (bicyclic) bond motifs is 1. The molecule has 1 aromatic rings. The summed E-state index contributed by atoms with van der Waals surface area (Å²) in [5.74, 6) is -0.352. The number of carbonyl (C=O) groups excluding carboxylic acids is 1. The number of nitrogens with zero attached hydrogens (tertiary/aromatic N) is 1. The molecule has 0 aliphatic carbocycles. The highest BCUT2D eigenvalue weighted by atomic mass is 32.2. The van der Waals surface area contributed by atoms with Gasteiger partial charge in [-0.2, -0.15) is 13.2 Å². The first-order valence-corrected chi connectivity index (χ1v) is 6.25. The average Bonchev–Trinajstić information content (AvgIpc) is 2.25. The topological polar surface area (TPSA) is 46.3 Å². The van der Waals surface area contributed by atoms with Crippen LogP contribution >= 0.6 is 11.8 Å². The average molecular weight is 276 g/mol. The van der Waals surface area contributed by atoms with E-state index in [2.05, 4.69) is 0 Å². The molecule has 18 heavy (non-hydrogen) atoms. The molecule has 0 atom stereocenters. The SMILES string of the molecule is Nc1ccc2c(c1)N(C(=O)CC(F)(F)F)CCS2. The predicted octanol–water partition coefficient (Wildman–Crippen LogP) is 2.66. The van der Waals surface area contributed by atoms with Crippen LogP contribution in [0.5, 0.6) is 0 Å². The minimum atomic E-state index is -4.48. The molecule has 2 N–H and O–H groups in total. The van der Waals surface area contributed by atoms with Crippen molar-refractivity contribution in [3.05, 3.63) is 18.2 Å². The number of hydrogen-bond acceptors (Lipinski definition) is 3. The highest BCUT2D eigenvalue weighted by Gasteiger charge is 2.35. The van der Waals surface area contributed by atoms with Gasteiger partial charge in [0.05, 0.1) is 5.69 Å². The first-order chi connectivity index (χ1) is 8.37. The van der Waals surface area contributed by atoms with Gasteiger partial charge in [-0.1, -0.05) is 0 Å². The van der Waals surface area contributed by atoms with Gasteiger partial charge >= 0.3 is 6.18 Å². The molecule has 1 aliphatic heterocycles. The van der Waals surface area contributed by atoms with Crippen LogP contribution < -0.4 is 10.6 Å². The second-order valence-corrected chi connectivity index (χ2v) is 5.05. The molecule has 0 aromatic heterocycles. The molecular formula is C11H11F3N2OS. The maximum absolute atomic E-state index is 12.2. The van der Waals surface area contributed by atoms with Crippen LogP contribution in [0.25, 0.3) is 0 Å². The highest BCUT2D eigenvalue weighted by Crippen LogP contribution is 2.37. The van der Waals surface area contributed by atoms with Gasteiger partial charge in [-0.3, -0.25) is 4.79 Å². The molecule has 1 heterocycles. The molecule has 0 radical (unpaired) electrons. The molecule has 0 saturated heterocycles. The zero-order chi connectivity index (χ0) is 13.3. The van der Waals surface area contributed by atoms with Crippen molar-refractivity contribution in [3.63, 3.8) is 0 Å². The number of alkyl halides is 3. The lowest BCUT2D eigenvalue weighted by Gasteiger charge is -2.29. The van der Waals surface area contributed by atoms with Crippen molar-refractivity contribution in [1.82, 2.24) is 0 Å². The molecule has 1 aliphatic rings. The fourth-order valence-electron chi connectivity index (χ4n) is 1.76. The summed E-state index contributed by atoms with van der Waals surface area (Å²) in [5.41, 5.74) is 6.51. The summed E-state index contributed by atoms with van der Waals surface area (Å²) in [4.78, 5) is 13.6. The van der Waals surface area contributed by atoms with Crippen molar-refractivity contribution < 1.29 is 18.0 Å². The van der Waals surface area contributed by atoms with Gasteiger partial charge in [-0.25, -0.2) is 0 Å². The Labute approximate surface area is 106 Å². The van der Waals surface area contributed by atoms with E-state index < -0.39 is 18.5 Å². The van der Waals surface area contributed by atoms with E-state index in [1.807, 2.05) is 0 Å². The Kier molecular flexibility index (Phi) is 3.43. The summed E-state index contributed by atoms with van der Waals surface area (Å²) in [5, 5.41) is 0. The third kappa shape index (κ3) is 2.90. The van der Waals surface area contributed by atoms with Crippen LogP contribution in [0.4, 0.5) is 24.5 Å². The summed E-state index contributed by atoms with van der Waals surface area (Å²) < 4.78 is 36.7. The van der Waals surface area contributed by atoms with Crippen LogP contribution in [0.1, 0.15) is 6.42 Å². The van der Waals surface area contributed by atoms with E-state index in [1.54, 1.807) is 12.1 Å². The van der Waals surface area contributed by atoms with Crippen LogP contribution in [-0.2, 0) is 4.79 Å². The van der Waals surface area contributed by atoms with Crippen LogP contribution in [0.2, 0.25) is 0 Å². The zero-order valence-corrected chi connectivity index (χ0v) is 10.1. The molecule has 7 heteroatoms. The third-order valence-corrected chi connectivity index (χ3v) is 3.54. The molecule has 0 saturated carbocycles. The Morgan fingerprint density at radius 2 is 2.17 bits per heavy atom. The third-order valence-electron chi connectivity index (χ3n) is 2.50. The minimum Gasteiger partial charge on any atom is -0.399 e. The van der Waals surface area contributed by atoms with Gasteiger partial charge in [0.25, 0.3) is 0 Å². The summed E-state index contributed by atoms with van der Waals surface area (Å²) in [6, 6.07) is 4.93. The molecule has 3 nitrogen and oxygen atoms in total. The van der Waals surface area contributed by atoms with Gasteiger partial charge in [-0.05, 0) is 18.2 Å². The fraction of sp³-hybridized carbons (Fsp3) is 0.364. The number of thioether (sulfide) groups is 1. The fourth-order valence-corrected chi connectivity index (χ4v) is 2.74. The number of nitrogens with two attached hydrogens (primary N) is 1. The predicted molar refractivity (Wildman–Crippen MR) is 64.6 cm³/mol. The van der Waals surface area contributed by atoms with E-state index in [-0.39, 0.29) is 6.54 Å². The molecular weight excluding hydrogens is 265 g/mol. The van der Waals surface area contributed by atoms with Gasteiger partial charge in [0, 0.05) is 22.9 Å². The maximum atomic E-state index is 12.2. The zero-order valence-electron chi connectivity index (χ0n) is 9.33. The van der Waals surface area contributed by atoms with E-state index >= 15 is 0 Å². The summed E-state index contributed by atoms with van der Waals surface area (Å²) in [6.45, 7) is 0.274. The summed E-state index contributed by atoms with van der Waals surface area (Å²) in [6.07, 6.45) is -5.92. The number of carbonyl (C=O) groups is 1. The van der Waals surface area contributed by atoms with E-state index in [0.717, 1.165) is 9.80 Å². The van der Waals surface area contributed by atoms with Crippen LogP contribution in [0, 0.1) is 0 Å². The Bertz CT molecular complexity index is 476. The molecule has 0 spiro atoms. The van der Waals surface area contributed by atoms with Crippen LogP contribution in [0.3, 0.4) is 0 Å². The number of rotatable bonds is 1. The molecule has 1 amide bonds. The normalized spacial score (nSPS) is 15.4. The maximum Gasteiger partial charge on any atom is 0.397 e. The van der Waals surface area contributed by atoms with Crippen molar-refractivity contribution in [2.75, 3.05) is 22.9 Å². The second kappa shape index (κ2) is 4.72. The number of benzene rings is 1. The summed E-state index contributed by atoms with van der Waals surface area (Å²) >= 11 is 1.51. The Balaban J connectivity index is 2.27. The lowest BCUT2D eigenvalue weighted by molar-refractivity contribution is -0.151. The molecule has 0 unspecified atom stereocenters. The molecule has 1 aromatic carbocycles. The number of halogens is 3.